The molecule has 0 bridgehead atoms. The molecule has 104 valence electrons. The standard InChI is InChI=1S/C15H16N2OS2/c1-2-18-11-7-5-10(6-8-11)15-17-12(9-3-4-9)13(20-15)14(16)19/h5-9H,2-4H2,1H3,(H2,16,19). The second-order valence-electron chi connectivity index (χ2n) is 4.83. The van der Waals surface area contributed by atoms with Crippen molar-refractivity contribution >= 4 is 28.5 Å². The summed E-state index contributed by atoms with van der Waals surface area (Å²) in [5.74, 6) is 1.43. The zero-order chi connectivity index (χ0) is 14.1. The summed E-state index contributed by atoms with van der Waals surface area (Å²) < 4.78 is 5.45. The molecule has 5 heteroatoms. The zero-order valence-electron chi connectivity index (χ0n) is 11.3. The van der Waals surface area contributed by atoms with Gasteiger partial charge in [0.2, 0.25) is 0 Å². The van der Waals surface area contributed by atoms with Gasteiger partial charge < -0.3 is 10.5 Å². The Bertz CT molecular complexity index is 630. The minimum Gasteiger partial charge on any atom is -0.494 e. The molecule has 1 aliphatic carbocycles. The van der Waals surface area contributed by atoms with Crippen molar-refractivity contribution in [1.29, 1.82) is 0 Å². The van der Waals surface area contributed by atoms with E-state index in [2.05, 4.69) is 0 Å². The number of ether oxygens (including phenoxy) is 1. The highest BCUT2D eigenvalue weighted by Gasteiger charge is 2.30. The average Bonchev–Trinajstić information content (AvgIpc) is 3.19. The first-order valence-corrected chi connectivity index (χ1v) is 7.95. The Hall–Kier alpha value is -1.46. The molecule has 0 atom stereocenters. The van der Waals surface area contributed by atoms with E-state index in [4.69, 9.17) is 27.7 Å². The molecule has 0 amide bonds. The Kier molecular flexibility index (Phi) is 3.72. The zero-order valence-corrected chi connectivity index (χ0v) is 12.9. The maximum absolute atomic E-state index is 5.82. The lowest BCUT2D eigenvalue weighted by molar-refractivity contribution is 0.340. The number of nitrogens with two attached hydrogens (primary N) is 1. The Morgan fingerprint density at radius 1 is 1.40 bits per heavy atom. The third kappa shape index (κ3) is 2.69. The number of benzene rings is 1. The first-order chi connectivity index (χ1) is 9.69. The molecule has 1 aromatic heterocycles. The molecule has 1 aromatic carbocycles. The van der Waals surface area contributed by atoms with Crippen molar-refractivity contribution in [1.82, 2.24) is 4.98 Å². The molecule has 3 nitrogen and oxygen atoms in total. The van der Waals surface area contributed by atoms with Crippen molar-refractivity contribution in [3.63, 3.8) is 0 Å². The van der Waals surface area contributed by atoms with Gasteiger partial charge in [0.15, 0.2) is 0 Å². The molecular weight excluding hydrogens is 288 g/mol. The predicted octanol–water partition coefficient (Wildman–Crippen LogP) is 3.72. The summed E-state index contributed by atoms with van der Waals surface area (Å²) in [5, 5.41) is 0.984. The van der Waals surface area contributed by atoms with Gasteiger partial charge in [-0.25, -0.2) is 4.98 Å². The first-order valence-electron chi connectivity index (χ1n) is 6.72. The number of thiazole rings is 1. The van der Waals surface area contributed by atoms with Crippen molar-refractivity contribution in [2.75, 3.05) is 6.61 Å². The molecule has 0 aliphatic heterocycles. The number of rotatable bonds is 5. The van der Waals surface area contributed by atoms with Crippen LogP contribution in [0.2, 0.25) is 0 Å². The van der Waals surface area contributed by atoms with E-state index >= 15 is 0 Å². The topological polar surface area (TPSA) is 48.1 Å². The van der Waals surface area contributed by atoms with Crippen molar-refractivity contribution < 1.29 is 4.74 Å². The van der Waals surface area contributed by atoms with Gasteiger partial charge in [-0.15, -0.1) is 11.3 Å². The molecule has 1 saturated carbocycles. The molecule has 20 heavy (non-hydrogen) atoms. The highest BCUT2D eigenvalue weighted by Crippen LogP contribution is 2.44. The third-order valence-corrected chi connectivity index (χ3v) is 4.74. The summed E-state index contributed by atoms with van der Waals surface area (Å²) in [6, 6.07) is 8.00. The molecule has 3 rings (SSSR count). The minimum atomic E-state index is 0.460. The fourth-order valence-corrected chi connectivity index (χ4v) is 3.36. The number of nitrogens with zero attached hydrogens (tertiary/aromatic N) is 1. The molecule has 2 aromatic rings. The smallest absolute Gasteiger partial charge is 0.124 e. The van der Waals surface area contributed by atoms with Crippen molar-refractivity contribution in [2.45, 2.75) is 25.7 Å². The van der Waals surface area contributed by atoms with Gasteiger partial charge in [0.1, 0.15) is 15.7 Å². The quantitative estimate of drug-likeness (QED) is 0.855. The van der Waals surface area contributed by atoms with Gasteiger partial charge in [-0.1, -0.05) is 12.2 Å². The van der Waals surface area contributed by atoms with E-state index in [1.165, 1.54) is 12.8 Å². The van der Waals surface area contributed by atoms with Crippen molar-refractivity contribution in [2.24, 2.45) is 5.73 Å². The van der Waals surface area contributed by atoms with Gasteiger partial charge in [-0.2, -0.15) is 0 Å². The fraction of sp³-hybridized carbons (Fsp3) is 0.333. The van der Waals surface area contributed by atoms with E-state index in [9.17, 15) is 0 Å². The van der Waals surface area contributed by atoms with E-state index in [-0.39, 0.29) is 0 Å². The molecular formula is C15H16N2OS2. The number of hydrogen-bond acceptors (Lipinski definition) is 4. The molecule has 2 N–H and O–H groups in total. The van der Waals surface area contributed by atoms with E-state index < -0.39 is 0 Å². The van der Waals surface area contributed by atoms with Gasteiger partial charge in [0, 0.05) is 11.5 Å². The maximum atomic E-state index is 5.82. The van der Waals surface area contributed by atoms with Crippen molar-refractivity contribution in [3.8, 4) is 16.3 Å². The van der Waals surface area contributed by atoms with Crippen LogP contribution >= 0.6 is 23.6 Å². The van der Waals surface area contributed by atoms with Gasteiger partial charge >= 0.3 is 0 Å². The monoisotopic (exact) mass is 304 g/mol. The van der Waals surface area contributed by atoms with Crippen LogP contribution in [-0.2, 0) is 0 Å². The minimum absolute atomic E-state index is 0.460. The molecule has 0 saturated heterocycles. The predicted molar refractivity (Wildman–Crippen MR) is 86.6 cm³/mol. The van der Waals surface area contributed by atoms with E-state index in [1.807, 2.05) is 31.2 Å². The van der Waals surface area contributed by atoms with Crippen molar-refractivity contribution in [3.05, 3.63) is 34.8 Å². The second-order valence-corrected chi connectivity index (χ2v) is 6.27. The Morgan fingerprint density at radius 2 is 2.10 bits per heavy atom. The second kappa shape index (κ2) is 5.50. The summed E-state index contributed by atoms with van der Waals surface area (Å²) in [7, 11) is 0. The SMILES string of the molecule is CCOc1ccc(-c2nc(C3CC3)c(C(N)=S)s2)cc1. The van der Waals surface area contributed by atoms with Crippen LogP contribution in [0.4, 0.5) is 0 Å². The summed E-state index contributed by atoms with van der Waals surface area (Å²) >= 11 is 6.73. The molecule has 0 unspecified atom stereocenters. The van der Waals surface area contributed by atoms with Crippen LogP contribution in [0.1, 0.15) is 36.3 Å². The number of aromatic nitrogens is 1. The normalized spacial score (nSPS) is 14.2. The van der Waals surface area contributed by atoms with Gasteiger partial charge in [0.25, 0.3) is 0 Å². The largest absolute Gasteiger partial charge is 0.494 e. The van der Waals surface area contributed by atoms with E-state index in [1.54, 1.807) is 11.3 Å². The van der Waals surface area contributed by atoms with Crippen LogP contribution in [0, 0.1) is 0 Å². The average molecular weight is 304 g/mol. The van der Waals surface area contributed by atoms with Crippen LogP contribution in [0.5, 0.6) is 5.75 Å². The lowest BCUT2D eigenvalue weighted by Gasteiger charge is -2.02. The molecule has 1 aliphatic rings. The lowest BCUT2D eigenvalue weighted by Crippen LogP contribution is -2.09. The summed E-state index contributed by atoms with van der Waals surface area (Å²) in [5.41, 5.74) is 7.99. The van der Waals surface area contributed by atoms with Crippen LogP contribution < -0.4 is 10.5 Å². The summed E-state index contributed by atoms with van der Waals surface area (Å²) in [6.45, 7) is 2.65. The molecule has 0 radical (unpaired) electrons. The molecule has 1 heterocycles. The van der Waals surface area contributed by atoms with Crippen LogP contribution in [-0.4, -0.2) is 16.6 Å². The van der Waals surface area contributed by atoms with Crippen LogP contribution in [0.25, 0.3) is 10.6 Å². The third-order valence-electron chi connectivity index (χ3n) is 3.25. The Balaban J connectivity index is 1.93. The number of thiocarbonyl (C=S) groups is 1. The van der Waals surface area contributed by atoms with Crippen LogP contribution in [0.15, 0.2) is 24.3 Å². The van der Waals surface area contributed by atoms with E-state index in [0.29, 0.717) is 17.5 Å². The Morgan fingerprint density at radius 3 is 2.65 bits per heavy atom. The number of hydrogen-bond donors (Lipinski definition) is 1. The maximum Gasteiger partial charge on any atom is 0.124 e. The van der Waals surface area contributed by atoms with Crippen LogP contribution in [0.3, 0.4) is 0 Å². The highest BCUT2D eigenvalue weighted by atomic mass is 32.1. The molecule has 0 spiro atoms. The molecule has 1 fully saturated rings. The fourth-order valence-electron chi connectivity index (χ4n) is 2.13. The summed E-state index contributed by atoms with van der Waals surface area (Å²) in [4.78, 5) is 6.19. The van der Waals surface area contributed by atoms with E-state index in [0.717, 1.165) is 26.9 Å². The lowest BCUT2D eigenvalue weighted by atomic mass is 10.2. The Labute approximate surface area is 127 Å². The highest BCUT2D eigenvalue weighted by molar-refractivity contribution is 7.81. The van der Waals surface area contributed by atoms with Gasteiger partial charge in [-0.05, 0) is 44.0 Å². The van der Waals surface area contributed by atoms with Gasteiger partial charge in [0.05, 0.1) is 17.2 Å². The summed E-state index contributed by atoms with van der Waals surface area (Å²) in [6.07, 6.45) is 2.39. The first kappa shape index (κ1) is 13.5. The van der Waals surface area contributed by atoms with Gasteiger partial charge in [-0.3, -0.25) is 0 Å².